The van der Waals surface area contributed by atoms with Crippen molar-refractivity contribution in [3.05, 3.63) is 65.0 Å². The van der Waals surface area contributed by atoms with Crippen molar-refractivity contribution in [2.75, 3.05) is 6.61 Å². The number of fused-ring (bicyclic) bond motifs is 1. The number of aromatic nitrogens is 2. The van der Waals surface area contributed by atoms with E-state index in [-0.39, 0.29) is 36.4 Å². The SMILES string of the molecule is CCOC(=O)CC1(C(=O)c2ccc3c(c2)nc(Cc2ccc(C(=N)N)cc2)n3C)CCCCC1.Cl. The summed E-state index contributed by atoms with van der Waals surface area (Å²) in [5.74, 6) is 0.656. The minimum atomic E-state index is -0.686. The second-order valence-corrected chi connectivity index (χ2v) is 9.23. The minimum Gasteiger partial charge on any atom is -0.466 e. The zero-order chi connectivity index (χ0) is 24.3. The highest BCUT2D eigenvalue weighted by atomic mass is 35.5. The molecule has 0 spiro atoms. The van der Waals surface area contributed by atoms with Gasteiger partial charge in [-0.1, -0.05) is 43.5 Å². The molecule has 1 fully saturated rings. The number of hydrogen-bond donors (Lipinski definition) is 2. The maximum atomic E-state index is 13.7. The fourth-order valence-corrected chi connectivity index (χ4v) is 5.04. The van der Waals surface area contributed by atoms with Crippen molar-refractivity contribution in [1.29, 1.82) is 5.41 Å². The number of benzene rings is 2. The molecule has 0 amide bonds. The lowest BCUT2D eigenvalue weighted by atomic mass is 9.67. The van der Waals surface area contributed by atoms with Gasteiger partial charge in [-0.15, -0.1) is 12.4 Å². The smallest absolute Gasteiger partial charge is 0.306 e. The van der Waals surface area contributed by atoms with Gasteiger partial charge in [0.15, 0.2) is 5.78 Å². The largest absolute Gasteiger partial charge is 0.466 e. The first kappa shape index (κ1) is 26.4. The molecular formula is C27H33ClN4O3. The standard InChI is InChI=1S/C27H32N4O3.ClH/c1-3-34-24(32)17-27(13-5-4-6-14-27)25(33)20-11-12-22-21(16-20)30-23(31(22)2)15-18-7-9-19(10-8-18)26(28)29;/h7-12,16H,3-6,13-15,17H2,1-2H3,(H3,28,29);1H. The Kier molecular flexibility index (Phi) is 8.33. The number of nitrogens with one attached hydrogen (secondary N) is 1. The zero-order valence-electron chi connectivity index (χ0n) is 20.3. The number of imidazole rings is 1. The number of ketones is 1. The maximum absolute atomic E-state index is 13.7. The summed E-state index contributed by atoms with van der Waals surface area (Å²) in [6.45, 7) is 2.11. The number of amidine groups is 1. The van der Waals surface area contributed by atoms with Crippen LogP contribution < -0.4 is 5.73 Å². The Labute approximate surface area is 212 Å². The molecule has 186 valence electrons. The van der Waals surface area contributed by atoms with Crippen LogP contribution in [0.5, 0.6) is 0 Å². The third-order valence-corrected chi connectivity index (χ3v) is 6.94. The zero-order valence-corrected chi connectivity index (χ0v) is 21.1. The van der Waals surface area contributed by atoms with E-state index < -0.39 is 5.41 Å². The van der Waals surface area contributed by atoms with Crippen LogP contribution in [0.25, 0.3) is 11.0 Å². The highest BCUT2D eigenvalue weighted by Crippen LogP contribution is 2.42. The Morgan fingerprint density at radius 2 is 1.74 bits per heavy atom. The van der Waals surface area contributed by atoms with E-state index in [1.807, 2.05) is 54.1 Å². The normalized spacial score (nSPS) is 14.8. The Morgan fingerprint density at radius 3 is 2.37 bits per heavy atom. The van der Waals surface area contributed by atoms with Gasteiger partial charge in [-0.2, -0.15) is 0 Å². The summed E-state index contributed by atoms with van der Waals surface area (Å²) >= 11 is 0. The van der Waals surface area contributed by atoms with Crippen LogP contribution in [0.3, 0.4) is 0 Å². The Hall–Kier alpha value is -3.19. The van der Waals surface area contributed by atoms with Gasteiger partial charge in [-0.05, 0) is 43.5 Å². The fourth-order valence-electron chi connectivity index (χ4n) is 5.04. The molecule has 0 unspecified atom stereocenters. The van der Waals surface area contributed by atoms with E-state index in [0.29, 0.717) is 37.0 Å². The van der Waals surface area contributed by atoms with Gasteiger partial charge in [-0.25, -0.2) is 4.98 Å². The third kappa shape index (κ3) is 5.56. The molecular weight excluding hydrogens is 464 g/mol. The molecule has 3 N–H and O–H groups in total. The van der Waals surface area contributed by atoms with E-state index in [0.717, 1.165) is 41.7 Å². The molecule has 7 nitrogen and oxygen atoms in total. The number of esters is 1. The first-order valence-corrected chi connectivity index (χ1v) is 11.9. The lowest BCUT2D eigenvalue weighted by Gasteiger charge is -2.35. The van der Waals surface area contributed by atoms with Crippen LogP contribution in [0.2, 0.25) is 0 Å². The molecule has 1 aliphatic rings. The number of ether oxygens (including phenoxy) is 1. The molecule has 2 aromatic carbocycles. The topological polar surface area (TPSA) is 111 Å². The molecule has 1 saturated carbocycles. The van der Waals surface area contributed by atoms with Gasteiger partial charge >= 0.3 is 5.97 Å². The number of carbonyl (C=O) groups excluding carboxylic acids is 2. The van der Waals surface area contributed by atoms with Gasteiger partial charge < -0.3 is 15.0 Å². The van der Waals surface area contributed by atoms with Crippen LogP contribution in [0, 0.1) is 10.8 Å². The van der Waals surface area contributed by atoms with Crippen LogP contribution in [0.1, 0.15) is 72.8 Å². The predicted molar refractivity (Wildman–Crippen MR) is 139 cm³/mol. The predicted octanol–water partition coefficient (Wildman–Crippen LogP) is 4.96. The number of carbonyl (C=O) groups is 2. The summed E-state index contributed by atoms with van der Waals surface area (Å²) in [6.07, 6.45) is 5.18. The number of aryl methyl sites for hydroxylation is 1. The quantitative estimate of drug-likeness (QED) is 0.198. The monoisotopic (exact) mass is 496 g/mol. The number of Topliss-reactive ketones (excluding diaryl/α,β-unsaturated/α-hetero) is 1. The summed E-state index contributed by atoms with van der Waals surface area (Å²) < 4.78 is 7.24. The third-order valence-electron chi connectivity index (χ3n) is 6.94. The molecule has 0 aliphatic heterocycles. The van der Waals surface area contributed by atoms with E-state index in [2.05, 4.69) is 0 Å². The Bertz CT molecular complexity index is 1230. The number of hydrogen-bond acceptors (Lipinski definition) is 5. The van der Waals surface area contributed by atoms with Crippen LogP contribution >= 0.6 is 12.4 Å². The van der Waals surface area contributed by atoms with Crippen molar-refractivity contribution >= 4 is 41.0 Å². The molecule has 1 aromatic heterocycles. The molecule has 8 heteroatoms. The Balaban J connectivity index is 0.00000342. The van der Waals surface area contributed by atoms with Crippen LogP contribution in [0.4, 0.5) is 0 Å². The first-order valence-electron chi connectivity index (χ1n) is 11.9. The molecule has 0 radical (unpaired) electrons. The van der Waals surface area contributed by atoms with Crippen molar-refractivity contribution in [1.82, 2.24) is 9.55 Å². The summed E-state index contributed by atoms with van der Waals surface area (Å²) in [4.78, 5) is 30.9. The second-order valence-electron chi connectivity index (χ2n) is 9.23. The number of halogens is 1. The van der Waals surface area contributed by atoms with Crippen molar-refractivity contribution in [2.24, 2.45) is 18.2 Å². The summed E-state index contributed by atoms with van der Waals surface area (Å²) in [5.41, 5.74) is 8.95. The fraction of sp³-hybridized carbons (Fsp3) is 0.407. The average Bonchev–Trinajstić information content (AvgIpc) is 3.14. The average molecular weight is 497 g/mol. The van der Waals surface area contributed by atoms with E-state index >= 15 is 0 Å². The Morgan fingerprint density at radius 1 is 1.09 bits per heavy atom. The lowest BCUT2D eigenvalue weighted by Crippen LogP contribution is -2.36. The van der Waals surface area contributed by atoms with Gasteiger partial charge in [0, 0.05) is 30.0 Å². The minimum absolute atomic E-state index is 0. The number of nitrogens with zero attached hydrogens (tertiary/aromatic N) is 2. The van der Waals surface area contributed by atoms with Crippen molar-refractivity contribution in [3.8, 4) is 0 Å². The number of nitrogen functional groups attached to an aromatic ring is 1. The lowest BCUT2D eigenvalue weighted by molar-refractivity contribution is -0.145. The van der Waals surface area contributed by atoms with Gasteiger partial charge in [0.2, 0.25) is 0 Å². The van der Waals surface area contributed by atoms with E-state index in [1.54, 1.807) is 6.92 Å². The molecule has 0 atom stereocenters. The summed E-state index contributed by atoms with van der Waals surface area (Å²) in [7, 11) is 1.97. The molecule has 0 bridgehead atoms. The van der Waals surface area contributed by atoms with Crippen molar-refractivity contribution in [2.45, 2.75) is 51.9 Å². The first-order chi connectivity index (χ1) is 16.3. The second kappa shape index (κ2) is 11.0. The highest BCUT2D eigenvalue weighted by molar-refractivity contribution is 6.04. The van der Waals surface area contributed by atoms with Gasteiger partial charge in [0.05, 0.1) is 24.1 Å². The van der Waals surface area contributed by atoms with E-state index in [1.165, 1.54) is 0 Å². The van der Waals surface area contributed by atoms with E-state index in [9.17, 15) is 9.59 Å². The number of rotatable bonds is 8. The molecule has 35 heavy (non-hydrogen) atoms. The van der Waals surface area contributed by atoms with Crippen molar-refractivity contribution < 1.29 is 14.3 Å². The molecule has 3 aromatic rings. The van der Waals surface area contributed by atoms with Crippen LogP contribution in [-0.2, 0) is 23.0 Å². The molecule has 1 heterocycles. The summed E-state index contributed by atoms with van der Waals surface area (Å²) in [5, 5.41) is 7.54. The molecule has 0 saturated heterocycles. The molecule has 1 aliphatic carbocycles. The van der Waals surface area contributed by atoms with Gasteiger partial charge in [0.25, 0.3) is 0 Å². The highest BCUT2D eigenvalue weighted by Gasteiger charge is 2.42. The van der Waals surface area contributed by atoms with Crippen molar-refractivity contribution in [3.63, 3.8) is 0 Å². The van der Waals surface area contributed by atoms with Gasteiger partial charge in [0.1, 0.15) is 11.7 Å². The number of nitrogens with two attached hydrogens (primary N) is 1. The van der Waals surface area contributed by atoms with Gasteiger partial charge in [-0.3, -0.25) is 15.0 Å². The van der Waals surface area contributed by atoms with E-state index in [4.69, 9.17) is 20.9 Å². The summed E-state index contributed by atoms with van der Waals surface area (Å²) in [6, 6.07) is 13.2. The van der Waals surface area contributed by atoms with Crippen LogP contribution in [0.15, 0.2) is 42.5 Å². The molecule has 4 rings (SSSR count). The van der Waals surface area contributed by atoms with Crippen LogP contribution in [-0.4, -0.2) is 33.7 Å². The maximum Gasteiger partial charge on any atom is 0.306 e.